The molecule has 2 aliphatic rings. The van der Waals surface area contributed by atoms with E-state index in [0.717, 1.165) is 37.8 Å². The Bertz CT molecular complexity index is 1280. The molecule has 1 saturated heterocycles. The van der Waals surface area contributed by atoms with Crippen molar-refractivity contribution in [1.82, 2.24) is 14.5 Å². The van der Waals surface area contributed by atoms with Gasteiger partial charge in [0.15, 0.2) is 14.9 Å². The summed E-state index contributed by atoms with van der Waals surface area (Å²) in [6.45, 7) is 0.839. The number of amides is 1. The van der Waals surface area contributed by atoms with Crippen LogP contribution in [0.4, 0.5) is 0 Å². The maximum absolute atomic E-state index is 12.8. The molecule has 5 rings (SSSR count). The second-order valence-corrected chi connectivity index (χ2v) is 11.6. The topological polar surface area (TPSA) is 72.3 Å². The molecule has 1 aliphatic carbocycles. The Labute approximate surface area is 201 Å². The van der Waals surface area contributed by atoms with Gasteiger partial charge in [-0.1, -0.05) is 48.5 Å². The third kappa shape index (κ3) is 4.67. The number of fused-ring (bicyclic) bond motifs is 1. The number of carbonyl (C=O) groups excluding carboxylic acids is 1. The summed E-state index contributed by atoms with van der Waals surface area (Å²) in [4.78, 5) is 18.8. The first-order valence-corrected chi connectivity index (χ1v) is 13.7. The van der Waals surface area contributed by atoms with Crippen molar-refractivity contribution in [2.75, 3.05) is 12.3 Å². The fourth-order valence-corrected chi connectivity index (χ4v) is 6.75. The van der Waals surface area contributed by atoms with Crippen LogP contribution >= 0.6 is 0 Å². The predicted molar refractivity (Wildman–Crippen MR) is 131 cm³/mol. The molecule has 0 saturated carbocycles. The number of carbonyl (C=O) groups is 1. The summed E-state index contributed by atoms with van der Waals surface area (Å²) in [5.74, 6) is 0.505. The van der Waals surface area contributed by atoms with E-state index in [4.69, 9.17) is 0 Å². The fourth-order valence-electron chi connectivity index (χ4n) is 5.50. The Morgan fingerprint density at radius 3 is 2.59 bits per heavy atom. The SMILES string of the molecule is Cn1cnc(S(=O)(=O)CCc2ccc3c(c2)C(Cc2ccccc2)C(N2CCCC2=O)CC3)c1. The minimum Gasteiger partial charge on any atom is -0.339 e. The number of imidazole rings is 1. The lowest BCUT2D eigenvalue weighted by Crippen LogP contribution is -2.43. The third-order valence-corrected chi connectivity index (χ3v) is 8.84. The molecule has 6 nitrogen and oxygen atoms in total. The van der Waals surface area contributed by atoms with Gasteiger partial charge >= 0.3 is 0 Å². The van der Waals surface area contributed by atoms with Crippen molar-refractivity contribution in [1.29, 1.82) is 0 Å². The van der Waals surface area contributed by atoms with Gasteiger partial charge in [-0.25, -0.2) is 13.4 Å². The lowest BCUT2D eigenvalue weighted by molar-refractivity contribution is -0.130. The smallest absolute Gasteiger partial charge is 0.222 e. The van der Waals surface area contributed by atoms with Crippen molar-refractivity contribution in [3.05, 3.63) is 83.3 Å². The maximum atomic E-state index is 12.8. The van der Waals surface area contributed by atoms with Crippen molar-refractivity contribution in [3.8, 4) is 0 Å². The molecule has 178 valence electrons. The molecule has 2 aromatic carbocycles. The number of likely N-dealkylation sites (tertiary alicyclic amines) is 1. The van der Waals surface area contributed by atoms with Gasteiger partial charge in [0.25, 0.3) is 0 Å². The number of sulfone groups is 1. The number of aryl methyl sites for hydroxylation is 3. The molecule has 2 unspecified atom stereocenters. The van der Waals surface area contributed by atoms with Crippen LogP contribution in [0.1, 0.15) is 47.4 Å². The van der Waals surface area contributed by atoms with Gasteiger partial charge in [-0.05, 0) is 54.4 Å². The number of aromatic nitrogens is 2. The Morgan fingerprint density at radius 2 is 1.88 bits per heavy atom. The summed E-state index contributed by atoms with van der Waals surface area (Å²) in [7, 11) is -1.67. The molecule has 0 N–H and O–H groups in total. The largest absolute Gasteiger partial charge is 0.339 e. The number of rotatable bonds is 7. The average molecular weight is 478 g/mol. The van der Waals surface area contributed by atoms with E-state index >= 15 is 0 Å². The molecule has 2 atom stereocenters. The highest BCUT2D eigenvalue weighted by molar-refractivity contribution is 7.91. The second-order valence-electron chi connectivity index (χ2n) is 9.57. The van der Waals surface area contributed by atoms with Crippen LogP contribution in [0.5, 0.6) is 0 Å². The van der Waals surface area contributed by atoms with E-state index in [2.05, 4.69) is 52.3 Å². The van der Waals surface area contributed by atoms with Gasteiger partial charge in [0.1, 0.15) is 0 Å². The van der Waals surface area contributed by atoms with E-state index in [1.165, 1.54) is 23.0 Å². The van der Waals surface area contributed by atoms with Crippen LogP contribution in [0, 0.1) is 0 Å². The summed E-state index contributed by atoms with van der Waals surface area (Å²) in [6.07, 6.45) is 7.88. The second kappa shape index (κ2) is 9.37. The van der Waals surface area contributed by atoms with Gasteiger partial charge < -0.3 is 9.47 Å². The molecule has 1 aliphatic heterocycles. The first-order valence-electron chi connectivity index (χ1n) is 12.1. The molecule has 0 bridgehead atoms. The number of hydrogen-bond donors (Lipinski definition) is 0. The molecule has 0 spiro atoms. The minimum atomic E-state index is -3.44. The molecule has 3 aromatic rings. The average Bonchev–Trinajstić information content (AvgIpc) is 3.47. The molecule has 34 heavy (non-hydrogen) atoms. The Morgan fingerprint density at radius 1 is 1.06 bits per heavy atom. The molecule has 2 heterocycles. The predicted octanol–water partition coefficient (Wildman–Crippen LogP) is 3.70. The van der Waals surface area contributed by atoms with Crippen molar-refractivity contribution < 1.29 is 13.2 Å². The summed E-state index contributed by atoms with van der Waals surface area (Å²) in [5, 5.41) is 0.127. The quantitative estimate of drug-likeness (QED) is 0.520. The van der Waals surface area contributed by atoms with Gasteiger partial charge in [0.2, 0.25) is 5.91 Å². The van der Waals surface area contributed by atoms with E-state index < -0.39 is 9.84 Å². The van der Waals surface area contributed by atoms with E-state index in [9.17, 15) is 13.2 Å². The van der Waals surface area contributed by atoms with E-state index in [1.807, 2.05) is 6.07 Å². The Kier molecular flexibility index (Phi) is 6.30. The van der Waals surface area contributed by atoms with Crippen LogP contribution in [0.2, 0.25) is 0 Å². The lowest BCUT2D eigenvalue weighted by Gasteiger charge is -2.40. The van der Waals surface area contributed by atoms with Crippen molar-refractivity contribution in [2.45, 2.75) is 55.5 Å². The zero-order chi connectivity index (χ0) is 23.7. The Balaban J connectivity index is 1.43. The highest BCUT2D eigenvalue weighted by atomic mass is 32.2. The standard InChI is InChI=1S/C27H31N3O3S/c1-29-18-26(28-19-29)34(32,33)15-13-21-9-10-22-11-12-25(30-14-5-8-27(30)31)24(23(22)16-21)17-20-6-3-2-4-7-20/h2-4,6-7,9-10,16,18-19,24-25H,5,8,11-15,17H2,1H3. The van der Waals surface area contributed by atoms with Gasteiger partial charge in [0, 0.05) is 38.2 Å². The van der Waals surface area contributed by atoms with E-state index in [0.29, 0.717) is 12.8 Å². The molecular formula is C27H31N3O3S. The van der Waals surface area contributed by atoms with E-state index in [-0.39, 0.29) is 28.6 Å². The van der Waals surface area contributed by atoms with Crippen LogP contribution in [-0.4, -0.2) is 47.1 Å². The highest BCUT2D eigenvalue weighted by Gasteiger charge is 2.37. The molecular weight excluding hydrogens is 446 g/mol. The zero-order valence-corrected chi connectivity index (χ0v) is 20.4. The van der Waals surface area contributed by atoms with Gasteiger partial charge in [-0.3, -0.25) is 4.79 Å². The first kappa shape index (κ1) is 22.8. The van der Waals surface area contributed by atoms with Crippen LogP contribution in [0.15, 0.2) is 66.1 Å². The van der Waals surface area contributed by atoms with Crippen LogP contribution in [0.25, 0.3) is 0 Å². The molecule has 1 amide bonds. The molecule has 0 radical (unpaired) electrons. The summed E-state index contributed by atoms with van der Waals surface area (Å²) in [6, 6.07) is 17.1. The summed E-state index contributed by atoms with van der Waals surface area (Å²) in [5.41, 5.74) is 4.87. The normalized spacial score (nSPS) is 20.5. The monoisotopic (exact) mass is 477 g/mol. The molecule has 1 aromatic heterocycles. The minimum absolute atomic E-state index is 0.0280. The number of benzene rings is 2. The maximum Gasteiger partial charge on any atom is 0.222 e. The lowest BCUT2D eigenvalue weighted by atomic mass is 9.75. The van der Waals surface area contributed by atoms with Gasteiger partial charge in [-0.15, -0.1) is 0 Å². The van der Waals surface area contributed by atoms with E-state index in [1.54, 1.807) is 17.8 Å². The fraction of sp³-hybridized carbons (Fsp3) is 0.407. The first-order chi connectivity index (χ1) is 16.4. The van der Waals surface area contributed by atoms with Crippen molar-refractivity contribution in [2.24, 2.45) is 7.05 Å². The van der Waals surface area contributed by atoms with Gasteiger partial charge in [-0.2, -0.15) is 0 Å². The Hall–Kier alpha value is -2.93. The van der Waals surface area contributed by atoms with Crippen LogP contribution < -0.4 is 0 Å². The molecule has 1 fully saturated rings. The van der Waals surface area contributed by atoms with Gasteiger partial charge in [0.05, 0.1) is 12.1 Å². The highest BCUT2D eigenvalue weighted by Crippen LogP contribution is 2.39. The molecule has 7 heteroatoms. The van der Waals surface area contributed by atoms with Crippen LogP contribution in [0.3, 0.4) is 0 Å². The van der Waals surface area contributed by atoms with Crippen molar-refractivity contribution >= 4 is 15.7 Å². The summed E-state index contributed by atoms with van der Waals surface area (Å²) < 4.78 is 27.2. The number of nitrogens with zero attached hydrogens (tertiary/aromatic N) is 3. The van der Waals surface area contributed by atoms with Crippen molar-refractivity contribution in [3.63, 3.8) is 0 Å². The number of hydrogen-bond acceptors (Lipinski definition) is 4. The third-order valence-electron chi connectivity index (χ3n) is 7.25. The summed E-state index contributed by atoms with van der Waals surface area (Å²) >= 11 is 0. The zero-order valence-electron chi connectivity index (χ0n) is 19.6. The van der Waals surface area contributed by atoms with Crippen LogP contribution in [-0.2, 0) is 40.9 Å².